The molecule has 0 fully saturated rings. The van der Waals surface area contributed by atoms with Gasteiger partial charge >= 0.3 is 0 Å². The minimum absolute atomic E-state index is 0.110. The highest BCUT2D eigenvalue weighted by Gasteiger charge is 2.19. The smallest absolute Gasteiger partial charge is 0.137 e. The molecule has 0 bridgehead atoms. The standard InChI is InChI=1S/C10H14O/c1-7-4-5-10(9(3)11)8(2)6-7/h4-6,8,10H,1-3H3. The topological polar surface area (TPSA) is 17.1 Å². The molecule has 0 saturated carbocycles. The van der Waals surface area contributed by atoms with Crippen molar-refractivity contribution in [3.8, 4) is 0 Å². The van der Waals surface area contributed by atoms with E-state index in [0.717, 1.165) is 0 Å². The van der Waals surface area contributed by atoms with Crippen molar-refractivity contribution >= 4 is 5.78 Å². The zero-order valence-corrected chi connectivity index (χ0v) is 7.29. The number of hydrogen-bond acceptors (Lipinski definition) is 1. The average molecular weight is 150 g/mol. The van der Waals surface area contributed by atoms with Crippen LogP contribution in [0.2, 0.25) is 0 Å². The lowest BCUT2D eigenvalue weighted by molar-refractivity contribution is -0.120. The molecule has 1 aliphatic carbocycles. The molecule has 0 aromatic heterocycles. The molecule has 0 aromatic carbocycles. The second-order valence-electron chi connectivity index (χ2n) is 3.27. The predicted octanol–water partition coefficient (Wildman–Crippen LogP) is 2.34. The number of ketones is 1. The summed E-state index contributed by atoms with van der Waals surface area (Å²) in [4.78, 5) is 11.0. The molecule has 0 aliphatic heterocycles. The van der Waals surface area contributed by atoms with Crippen molar-refractivity contribution in [1.29, 1.82) is 0 Å². The first-order chi connectivity index (χ1) is 5.11. The number of Topliss-reactive ketones (excluding diaryl/α,β-unsaturated/α-hetero) is 1. The number of hydrogen-bond donors (Lipinski definition) is 0. The Morgan fingerprint density at radius 1 is 1.55 bits per heavy atom. The normalized spacial score (nSPS) is 29.9. The first-order valence-electron chi connectivity index (χ1n) is 3.98. The molecule has 2 unspecified atom stereocenters. The van der Waals surface area contributed by atoms with Crippen LogP contribution in [0.15, 0.2) is 23.8 Å². The lowest BCUT2D eigenvalue weighted by atomic mass is 9.85. The van der Waals surface area contributed by atoms with E-state index >= 15 is 0 Å². The summed E-state index contributed by atoms with van der Waals surface area (Å²) in [5.74, 6) is 0.744. The lowest BCUT2D eigenvalue weighted by Gasteiger charge is -2.18. The zero-order valence-electron chi connectivity index (χ0n) is 7.29. The molecule has 60 valence electrons. The third-order valence-electron chi connectivity index (χ3n) is 2.13. The fourth-order valence-corrected chi connectivity index (χ4v) is 1.51. The quantitative estimate of drug-likeness (QED) is 0.560. The molecule has 0 radical (unpaired) electrons. The summed E-state index contributed by atoms with van der Waals surface area (Å²) in [5, 5.41) is 0. The van der Waals surface area contributed by atoms with Gasteiger partial charge in [0.2, 0.25) is 0 Å². The first-order valence-corrected chi connectivity index (χ1v) is 3.98. The Labute approximate surface area is 67.8 Å². The van der Waals surface area contributed by atoms with Crippen LogP contribution in [0.3, 0.4) is 0 Å². The van der Waals surface area contributed by atoms with E-state index in [0.29, 0.717) is 5.92 Å². The Morgan fingerprint density at radius 3 is 2.64 bits per heavy atom. The van der Waals surface area contributed by atoms with Gasteiger partial charge in [-0.2, -0.15) is 0 Å². The molecule has 0 spiro atoms. The van der Waals surface area contributed by atoms with Crippen LogP contribution < -0.4 is 0 Å². The largest absolute Gasteiger partial charge is 0.299 e. The van der Waals surface area contributed by atoms with Gasteiger partial charge in [-0.05, 0) is 19.8 Å². The SMILES string of the molecule is CC(=O)C1C=CC(C)=CC1C. The summed E-state index contributed by atoms with van der Waals surface area (Å²) < 4.78 is 0. The molecule has 0 aromatic rings. The van der Waals surface area contributed by atoms with E-state index in [1.54, 1.807) is 6.92 Å². The van der Waals surface area contributed by atoms with E-state index in [9.17, 15) is 4.79 Å². The fraction of sp³-hybridized carbons (Fsp3) is 0.500. The zero-order chi connectivity index (χ0) is 8.43. The van der Waals surface area contributed by atoms with E-state index < -0.39 is 0 Å². The van der Waals surface area contributed by atoms with Crippen molar-refractivity contribution in [1.82, 2.24) is 0 Å². The number of allylic oxidation sites excluding steroid dienone is 4. The van der Waals surface area contributed by atoms with Gasteiger partial charge in [-0.3, -0.25) is 4.79 Å². The first kappa shape index (κ1) is 8.25. The number of carbonyl (C=O) groups is 1. The maximum atomic E-state index is 11.0. The molecular formula is C10H14O. The summed E-state index contributed by atoms with van der Waals surface area (Å²) in [6, 6.07) is 0. The van der Waals surface area contributed by atoms with Crippen LogP contribution in [0, 0.1) is 11.8 Å². The van der Waals surface area contributed by atoms with Crippen molar-refractivity contribution in [2.45, 2.75) is 20.8 Å². The van der Waals surface area contributed by atoms with Crippen molar-refractivity contribution in [3.05, 3.63) is 23.8 Å². The third kappa shape index (κ3) is 1.79. The van der Waals surface area contributed by atoms with Crippen LogP contribution in [-0.4, -0.2) is 5.78 Å². The van der Waals surface area contributed by atoms with Gasteiger partial charge in [0.05, 0.1) is 0 Å². The molecule has 1 rings (SSSR count). The van der Waals surface area contributed by atoms with Crippen LogP contribution >= 0.6 is 0 Å². The third-order valence-corrected chi connectivity index (χ3v) is 2.13. The van der Waals surface area contributed by atoms with Crippen molar-refractivity contribution < 1.29 is 4.79 Å². The van der Waals surface area contributed by atoms with Crippen molar-refractivity contribution in [2.24, 2.45) is 11.8 Å². The number of carbonyl (C=O) groups excluding carboxylic acids is 1. The van der Waals surface area contributed by atoms with Gasteiger partial charge in [0, 0.05) is 5.92 Å². The van der Waals surface area contributed by atoms with Gasteiger partial charge in [-0.25, -0.2) is 0 Å². The van der Waals surface area contributed by atoms with Gasteiger partial charge in [0.25, 0.3) is 0 Å². The van der Waals surface area contributed by atoms with E-state index in [2.05, 4.69) is 19.9 Å². The van der Waals surface area contributed by atoms with E-state index in [-0.39, 0.29) is 11.7 Å². The highest BCUT2D eigenvalue weighted by atomic mass is 16.1. The van der Waals surface area contributed by atoms with Crippen molar-refractivity contribution in [3.63, 3.8) is 0 Å². The second kappa shape index (κ2) is 3.04. The molecule has 1 aliphatic rings. The molecule has 0 saturated heterocycles. The molecule has 0 amide bonds. The predicted molar refractivity (Wildman–Crippen MR) is 46.2 cm³/mol. The Hall–Kier alpha value is -0.850. The molecule has 1 heteroatoms. The van der Waals surface area contributed by atoms with Gasteiger partial charge in [0.1, 0.15) is 5.78 Å². The van der Waals surface area contributed by atoms with Crippen LogP contribution in [-0.2, 0) is 4.79 Å². The molecule has 0 heterocycles. The number of rotatable bonds is 1. The fourth-order valence-electron chi connectivity index (χ4n) is 1.51. The van der Waals surface area contributed by atoms with Crippen LogP contribution in [0.4, 0.5) is 0 Å². The Bertz CT molecular complexity index is 223. The highest BCUT2D eigenvalue weighted by molar-refractivity contribution is 5.81. The lowest BCUT2D eigenvalue weighted by Crippen LogP contribution is -2.17. The summed E-state index contributed by atoms with van der Waals surface area (Å²) in [6.07, 6.45) is 6.17. The van der Waals surface area contributed by atoms with Crippen molar-refractivity contribution in [2.75, 3.05) is 0 Å². The van der Waals surface area contributed by atoms with Gasteiger partial charge in [-0.15, -0.1) is 0 Å². The van der Waals surface area contributed by atoms with Crippen LogP contribution in [0.5, 0.6) is 0 Å². The van der Waals surface area contributed by atoms with Crippen LogP contribution in [0.25, 0.3) is 0 Å². The molecule has 11 heavy (non-hydrogen) atoms. The summed E-state index contributed by atoms with van der Waals surface area (Å²) in [7, 11) is 0. The van der Waals surface area contributed by atoms with Crippen LogP contribution in [0.1, 0.15) is 20.8 Å². The van der Waals surface area contributed by atoms with E-state index in [1.165, 1.54) is 5.57 Å². The monoisotopic (exact) mass is 150 g/mol. The average Bonchev–Trinajstić information content (AvgIpc) is 1.85. The second-order valence-corrected chi connectivity index (χ2v) is 3.27. The van der Waals surface area contributed by atoms with Gasteiger partial charge in [0.15, 0.2) is 0 Å². The summed E-state index contributed by atoms with van der Waals surface area (Å²) in [5.41, 5.74) is 1.26. The molecular weight excluding hydrogens is 136 g/mol. The minimum Gasteiger partial charge on any atom is -0.299 e. The molecule has 0 N–H and O–H groups in total. The minimum atomic E-state index is 0.110. The Morgan fingerprint density at radius 2 is 2.18 bits per heavy atom. The Kier molecular flexibility index (Phi) is 2.28. The van der Waals surface area contributed by atoms with Gasteiger partial charge < -0.3 is 0 Å². The van der Waals surface area contributed by atoms with Gasteiger partial charge in [-0.1, -0.05) is 30.7 Å². The maximum absolute atomic E-state index is 11.0. The Balaban J connectivity index is 2.77. The van der Waals surface area contributed by atoms with E-state index in [1.807, 2.05) is 12.2 Å². The summed E-state index contributed by atoms with van der Waals surface area (Å²) in [6.45, 7) is 5.79. The molecule has 2 atom stereocenters. The van der Waals surface area contributed by atoms with E-state index in [4.69, 9.17) is 0 Å². The molecule has 1 nitrogen and oxygen atoms in total. The maximum Gasteiger partial charge on any atom is 0.137 e. The summed E-state index contributed by atoms with van der Waals surface area (Å²) >= 11 is 0. The highest BCUT2D eigenvalue weighted by Crippen LogP contribution is 2.22.